The van der Waals surface area contributed by atoms with Gasteiger partial charge in [-0.05, 0) is 29.7 Å². The van der Waals surface area contributed by atoms with E-state index in [-0.39, 0.29) is 0 Å². The normalized spacial score (nSPS) is 15.1. The van der Waals surface area contributed by atoms with Gasteiger partial charge >= 0.3 is 5.97 Å². The Balaban J connectivity index is 1.78. The average Bonchev–Trinajstić information content (AvgIpc) is 2.83. The Bertz CT molecular complexity index is 650. The van der Waals surface area contributed by atoms with Crippen molar-refractivity contribution in [2.24, 2.45) is 7.05 Å². The van der Waals surface area contributed by atoms with Crippen LogP contribution in [0.3, 0.4) is 0 Å². The van der Waals surface area contributed by atoms with E-state index in [1.807, 2.05) is 13.1 Å². The Morgan fingerprint density at radius 2 is 2.25 bits per heavy atom. The monoisotopic (exact) mass is 272 g/mol. The van der Waals surface area contributed by atoms with Crippen LogP contribution < -0.4 is 0 Å². The number of carboxylic acid groups (broad SMARTS) is 1. The summed E-state index contributed by atoms with van der Waals surface area (Å²) in [5.74, 6) is 0.0427. The number of carboxylic acids is 1. The lowest BCUT2D eigenvalue weighted by molar-refractivity contribution is 0.0696. The molecule has 2 heterocycles. The van der Waals surface area contributed by atoms with Crippen molar-refractivity contribution in [3.8, 4) is 0 Å². The third-order valence-electron chi connectivity index (χ3n) is 3.71. The largest absolute Gasteiger partial charge is 0.478 e. The fourth-order valence-corrected chi connectivity index (χ4v) is 2.55. The molecular formula is C14H16N4O2. The van der Waals surface area contributed by atoms with E-state index >= 15 is 0 Å². The van der Waals surface area contributed by atoms with Crippen LogP contribution in [0.15, 0.2) is 24.5 Å². The third-order valence-corrected chi connectivity index (χ3v) is 3.71. The lowest BCUT2D eigenvalue weighted by Crippen LogP contribution is -2.31. The van der Waals surface area contributed by atoms with E-state index in [9.17, 15) is 4.79 Å². The summed E-state index contributed by atoms with van der Waals surface area (Å²) in [7, 11) is 1.88. The first-order valence-corrected chi connectivity index (χ1v) is 6.54. The average molecular weight is 272 g/mol. The minimum atomic E-state index is -0.877. The van der Waals surface area contributed by atoms with E-state index in [1.165, 1.54) is 5.56 Å². The maximum absolute atomic E-state index is 11.0. The van der Waals surface area contributed by atoms with Gasteiger partial charge in [0.1, 0.15) is 12.2 Å². The lowest BCUT2D eigenvalue weighted by atomic mass is 9.97. The molecular weight excluding hydrogens is 256 g/mol. The van der Waals surface area contributed by atoms with Gasteiger partial charge in [-0.1, -0.05) is 6.07 Å². The maximum Gasteiger partial charge on any atom is 0.335 e. The highest BCUT2D eigenvalue weighted by atomic mass is 16.4. The van der Waals surface area contributed by atoms with Gasteiger partial charge in [0.25, 0.3) is 0 Å². The summed E-state index contributed by atoms with van der Waals surface area (Å²) < 4.78 is 1.77. The molecule has 0 spiro atoms. The Hall–Kier alpha value is -2.21. The second-order valence-corrected chi connectivity index (χ2v) is 5.05. The van der Waals surface area contributed by atoms with Crippen molar-refractivity contribution in [2.45, 2.75) is 19.5 Å². The molecule has 1 aromatic heterocycles. The summed E-state index contributed by atoms with van der Waals surface area (Å²) in [6, 6.07) is 5.39. The van der Waals surface area contributed by atoms with Gasteiger partial charge in [-0.3, -0.25) is 9.58 Å². The molecule has 6 heteroatoms. The number of nitrogens with zero attached hydrogens (tertiary/aromatic N) is 4. The van der Waals surface area contributed by atoms with E-state index in [0.29, 0.717) is 5.56 Å². The van der Waals surface area contributed by atoms with Crippen molar-refractivity contribution < 1.29 is 9.90 Å². The van der Waals surface area contributed by atoms with Crippen molar-refractivity contribution in [3.63, 3.8) is 0 Å². The first-order chi connectivity index (χ1) is 9.63. The van der Waals surface area contributed by atoms with Gasteiger partial charge in [0, 0.05) is 20.1 Å². The molecule has 0 saturated carbocycles. The quantitative estimate of drug-likeness (QED) is 0.905. The number of aromatic carboxylic acids is 1. The highest BCUT2D eigenvalue weighted by Crippen LogP contribution is 2.21. The zero-order valence-electron chi connectivity index (χ0n) is 11.3. The number of carbonyl (C=O) groups is 1. The van der Waals surface area contributed by atoms with Gasteiger partial charge in [-0.15, -0.1) is 0 Å². The summed E-state index contributed by atoms with van der Waals surface area (Å²) in [6.45, 7) is 2.43. The van der Waals surface area contributed by atoms with E-state index < -0.39 is 5.97 Å². The van der Waals surface area contributed by atoms with E-state index in [0.717, 1.165) is 37.4 Å². The highest BCUT2D eigenvalue weighted by Gasteiger charge is 2.19. The second kappa shape index (κ2) is 5.05. The molecule has 0 atom stereocenters. The Morgan fingerprint density at radius 3 is 2.95 bits per heavy atom. The van der Waals surface area contributed by atoms with Crippen LogP contribution in [0.1, 0.15) is 27.3 Å². The van der Waals surface area contributed by atoms with Crippen LogP contribution in [0, 0.1) is 0 Å². The first-order valence-electron chi connectivity index (χ1n) is 6.54. The second-order valence-electron chi connectivity index (χ2n) is 5.05. The number of aryl methyl sites for hydroxylation is 1. The van der Waals surface area contributed by atoms with Crippen LogP contribution in [0.25, 0.3) is 0 Å². The van der Waals surface area contributed by atoms with Gasteiger partial charge in [-0.25, -0.2) is 9.78 Å². The fourth-order valence-electron chi connectivity index (χ4n) is 2.55. The number of hydrogen-bond donors (Lipinski definition) is 1. The molecule has 3 rings (SSSR count). The smallest absolute Gasteiger partial charge is 0.335 e. The van der Waals surface area contributed by atoms with Crippen LogP contribution in [-0.4, -0.2) is 37.3 Å². The number of hydrogen-bond acceptors (Lipinski definition) is 4. The standard InChI is InChI=1S/C14H16N4O2/c1-17-13(15-9-16-17)8-18-5-4-10-2-3-11(14(19)20)6-12(10)7-18/h2-3,6,9H,4-5,7-8H2,1H3,(H,19,20). The predicted octanol–water partition coefficient (Wildman–Crippen LogP) is 1.07. The zero-order chi connectivity index (χ0) is 14.1. The summed E-state index contributed by atoms with van der Waals surface area (Å²) in [4.78, 5) is 17.5. The molecule has 0 unspecified atom stereocenters. The SMILES string of the molecule is Cn1ncnc1CN1CCc2ccc(C(=O)O)cc2C1. The summed E-state index contributed by atoms with van der Waals surface area (Å²) in [5.41, 5.74) is 2.69. The van der Waals surface area contributed by atoms with Crippen LogP contribution in [0.4, 0.5) is 0 Å². The van der Waals surface area contributed by atoms with Gasteiger partial charge in [0.05, 0.1) is 12.1 Å². The minimum Gasteiger partial charge on any atom is -0.478 e. The predicted molar refractivity (Wildman–Crippen MR) is 72.2 cm³/mol. The molecule has 0 amide bonds. The number of fused-ring (bicyclic) bond motifs is 1. The van der Waals surface area contributed by atoms with Gasteiger partial charge in [0.2, 0.25) is 0 Å². The van der Waals surface area contributed by atoms with E-state index in [4.69, 9.17) is 5.11 Å². The molecule has 0 radical (unpaired) electrons. The summed E-state index contributed by atoms with van der Waals surface area (Å²) in [6.07, 6.45) is 2.49. The van der Waals surface area contributed by atoms with Crippen molar-refractivity contribution in [1.82, 2.24) is 19.7 Å². The molecule has 0 fully saturated rings. The molecule has 6 nitrogen and oxygen atoms in total. The summed E-state index contributed by atoms with van der Waals surface area (Å²) in [5, 5.41) is 13.1. The van der Waals surface area contributed by atoms with Crippen LogP contribution >= 0.6 is 0 Å². The zero-order valence-corrected chi connectivity index (χ0v) is 11.3. The van der Waals surface area contributed by atoms with Gasteiger partial charge in [0.15, 0.2) is 0 Å². The van der Waals surface area contributed by atoms with Gasteiger partial charge < -0.3 is 5.11 Å². The molecule has 20 heavy (non-hydrogen) atoms. The maximum atomic E-state index is 11.0. The molecule has 1 aromatic carbocycles. The first kappa shape index (κ1) is 12.8. The van der Waals surface area contributed by atoms with Crippen molar-refractivity contribution >= 4 is 5.97 Å². The molecule has 0 bridgehead atoms. The molecule has 0 aliphatic carbocycles. The van der Waals surface area contributed by atoms with Crippen LogP contribution in [-0.2, 0) is 26.6 Å². The Kier molecular flexibility index (Phi) is 3.23. The Morgan fingerprint density at radius 1 is 1.40 bits per heavy atom. The minimum absolute atomic E-state index is 0.351. The summed E-state index contributed by atoms with van der Waals surface area (Å²) >= 11 is 0. The molecule has 1 N–H and O–H groups in total. The van der Waals surface area contributed by atoms with Crippen LogP contribution in [0.2, 0.25) is 0 Å². The van der Waals surface area contributed by atoms with E-state index in [2.05, 4.69) is 15.0 Å². The molecule has 104 valence electrons. The van der Waals surface area contributed by atoms with Gasteiger partial charge in [-0.2, -0.15) is 5.10 Å². The number of benzene rings is 1. The molecule has 1 aliphatic rings. The van der Waals surface area contributed by atoms with Crippen molar-refractivity contribution in [2.75, 3.05) is 6.54 Å². The molecule has 2 aromatic rings. The number of aromatic nitrogens is 3. The van der Waals surface area contributed by atoms with Crippen LogP contribution in [0.5, 0.6) is 0 Å². The van der Waals surface area contributed by atoms with Crippen molar-refractivity contribution in [3.05, 3.63) is 47.0 Å². The Labute approximate surface area is 116 Å². The highest BCUT2D eigenvalue weighted by molar-refractivity contribution is 5.87. The molecule has 0 saturated heterocycles. The van der Waals surface area contributed by atoms with E-state index in [1.54, 1.807) is 23.1 Å². The van der Waals surface area contributed by atoms with Crippen molar-refractivity contribution in [1.29, 1.82) is 0 Å². The number of rotatable bonds is 3. The lowest BCUT2D eigenvalue weighted by Gasteiger charge is -2.28. The third kappa shape index (κ3) is 2.42. The fraction of sp³-hybridized carbons (Fsp3) is 0.357. The molecule has 1 aliphatic heterocycles. The topological polar surface area (TPSA) is 71.2 Å².